The van der Waals surface area contributed by atoms with Crippen LogP contribution in [-0.4, -0.2) is 19.2 Å². The Labute approximate surface area is 179 Å². The Morgan fingerprint density at radius 3 is 2.06 bits per heavy atom. The molecule has 1 unspecified atom stereocenters. The van der Waals surface area contributed by atoms with Crippen molar-refractivity contribution in [3.8, 4) is 0 Å². The van der Waals surface area contributed by atoms with Crippen LogP contribution in [0.4, 0.5) is 30.7 Å². The Bertz CT molecular complexity index is 906. The number of hydrogen-bond donors (Lipinski definition) is 0. The van der Waals surface area contributed by atoms with E-state index in [-0.39, 0.29) is 18.2 Å². The lowest BCUT2D eigenvalue weighted by Crippen LogP contribution is -2.38. The van der Waals surface area contributed by atoms with Crippen molar-refractivity contribution in [3.63, 3.8) is 0 Å². The van der Waals surface area contributed by atoms with Crippen LogP contribution in [0.1, 0.15) is 47.6 Å². The standard InChI is InChI=1S/C22H19F7O3/c1-12(15-8-16(21(24,25)26)10-17(9-15)22(27,28)29)32-20-19(14(11-30)6-7-31-20)13-2-4-18(23)5-3-13/h2-5,8-12,14,19-20H,6-7H2,1H3/t12?,14-,19-,20+/m0/s1. The molecule has 0 aromatic heterocycles. The number of halogens is 7. The van der Waals surface area contributed by atoms with Crippen molar-refractivity contribution in [1.29, 1.82) is 0 Å². The summed E-state index contributed by atoms with van der Waals surface area (Å²) >= 11 is 0. The van der Waals surface area contributed by atoms with Crippen molar-refractivity contribution in [3.05, 3.63) is 70.5 Å². The van der Waals surface area contributed by atoms with E-state index in [0.717, 1.165) is 0 Å². The van der Waals surface area contributed by atoms with Crippen molar-refractivity contribution in [2.45, 2.75) is 44.0 Å². The zero-order valence-corrected chi connectivity index (χ0v) is 16.7. The first-order valence-electron chi connectivity index (χ1n) is 9.67. The summed E-state index contributed by atoms with van der Waals surface area (Å²) < 4.78 is 104. The van der Waals surface area contributed by atoms with Gasteiger partial charge in [0.2, 0.25) is 0 Å². The van der Waals surface area contributed by atoms with Crippen molar-refractivity contribution in [2.24, 2.45) is 5.92 Å². The second kappa shape index (κ2) is 9.19. The number of alkyl halides is 6. The summed E-state index contributed by atoms with van der Waals surface area (Å²) in [4.78, 5) is 11.6. The van der Waals surface area contributed by atoms with Crippen molar-refractivity contribution in [1.82, 2.24) is 0 Å². The van der Waals surface area contributed by atoms with Gasteiger partial charge in [-0.05, 0) is 54.8 Å². The highest BCUT2D eigenvalue weighted by Crippen LogP contribution is 2.41. The fourth-order valence-electron chi connectivity index (χ4n) is 3.66. The zero-order valence-electron chi connectivity index (χ0n) is 16.7. The molecule has 0 aliphatic carbocycles. The van der Waals surface area contributed by atoms with Gasteiger partial charge in [-0.25, -0.2) is 4.39 Å². The van der Waals surface area contributed by atoms with E-state index in [9.17, 15) is 35.5 Å². The summed E-state index contributed by atoms with van der Waals surface area (Å²) in [6, 6.07) is 6.43. The predicted octanol–water partition coefficient (Wildman–Crippen LogP) is 6.29. The smallest absolute Gasteiger partial charge is 0.352 e. The maximum absolute atomic E-state index is 13.3. The van der Waals surface area contributed by atoms with E-state index in [2.05, 4.69) is 0 Å². The number of aldehydes is 1. The van der Waals surface area contributed by atoms with Gasteiger partial charge in [0.05, 0.1) is 23.8 Å². The number of ether oxygens (including phenoxy) is 2. The van der Waals surface area contributed by atoms with Crippen LogP contribution in [0, 0.1) is 11.7 Å². The van der Waals surface area contributed by atoms with Gasteiger partial charge in [0, 0.05) is 11.8 Å². The summed E-state index contributed by atoms with van der Waals surface area (Å²) in [5.41, 5.74) is -2.76. The average Bonchev–Trinajstić information content (AvgIpc) is 2.72. The molecular weight excluding hydrogens is 445 g/mol. The predicted molar refractivity (Wildman–Crippen MR) is 99.0 cm³/mol. The number of benzene rings is 2. The first kappa shape index (κ1) is 24.2. The monoisotopic (exact) mass is 464 g/mol. The van der Waals surface area contributed by atoms with Crippen LogP contribution in [0.25, 0.3) is 0 Å². The molecule has 3 rings (SSSR count). The fourth-order valence-corrected chi connectivity index (χ4v) is 3.66. The maximum atomic E-state index is 13.3. The first-order chi connectivity index (χ1) is 14.9. The third kappa shape index (κ3) is 5.47. The highest BCUT2D eigenvalue weighted by molar-refractivity contribution is 5.56. The van der Waals surface area contributed by atoms with E-state index < -0.39 is 53.5 Å². The molecule has 0 N–H and O–H groups in total. The first-order valence-corrected chi connectivity index (χ1v) is 9.67. The SMILES string of the molecule is CC(O[C@H]1OCC[C@@H](C=O)[C@@H]1c1ccc(F)cc1)c1cc(C(F)(F)F)cc(C(F)(F)F)c1. The summed E-state index contributed by atoms with van der Waals surface area (Å²) in [5, 5.41) is 0. The minimum Gasteiger partial charge on any atom is -0.352 e. The molecule has 0 spiro atoms. The van der Waals surface area contributed by atoms with Crippen LogP contribution < -0.4 is 0 Å². The number of carbonyl (C=O) groups excluding carboxylic acids is 1. The van der Waals surface area contributed by atoms with E-state index in [1.807, 2.05) is 0 Å². The largest absolute Gasteiger partial charge is 0.416 e. The van der Waals surface area contributed by atoms with Gasteiger partial charge >= 0.3 is 12.4 Å². The van der Waals surface area contributed by atoms with Crippen LogP contribution in [0.5, 0.6) is 0 Å². The molecule has 1 fully saturated rings. The Morgan fingerprint density at radius 1 is 1.00 bits per heavy atom. The summed E-state index contributed by atoms with van der Waals surface area (Å²) in [7, 11) is 0. The summed E-state index contributed by atoms with van der Waals surface area (Å²) in [6.07, 6.45) is -11.3. The van der Waals surface area contributed by atoms with Crippen molar-refractivity contribution in [2.75, 3.05) is 6.61 Å². The molecule has 1 aliphatic rings. The molecule has 32 heavy (non-hydrogen) atoms. The lowest BCUT2D eigenvalue weighted by Gasteiger charge is -2.37. The van der Waals surface area contributed by atoms with E-state index >= 15 is 0 Å². The molecule has 3 nitrogen and oxygen atoms in total. The maximum Gasteiger partial charge on any atom is 0.416 e. The molecule has 0 saturated carbocycles. The number of carbonyl (C=O) groups is 1. The van der Waals surface area contributed by atoms with Gasteiger partial charge in [-0.2, -0.15) is 26.3 Å². The zero-order chi connectivity index (χ0) is 23.7. The van der Waals surface area contributed by atoms with Gasteiger partial charge in [0.1, 0.15) is 12.1 Å². The molecule has 1 saturated heterocycles. The molecule has 1 aliphatic heterocycles. The van der Waals surface area contributed by atoms with Gasteiger partial charge in [-0.3, -0.25) is 0 Å². The Hall–Kier alpha value is -2.46. The molecule has 2 aromatic rings. The minimum atomic E-state index is -4.99. The topological polar surface area (TPSA) is 35.5 Å². The van der Waals surface area contributed by atoms with Crippen LogP contribution in [0.3, 0.4) is 0 Å². The molecule has 0 bridgehead atoms. The number of hydrogen-bond acceptors (Lipinski definition) is 3. The second-order valence-electron chi connectivity index (χ2n) is 7.52. The Morgan fingerprint density at radius 2 is 1.56 bits per heavy atom. The fraction of sp³-hybridized carbons (Fsp3) is 0.409. The minimum absolute atomic E-state index is 0.0388. The van der Waals surface area contributed by atoms with Gasteiger partial charge in [0.25, 0.3) is 0 Å². The molecule has 0 amide bonds. The lowest BCUT2D eigenvalue weighted by atomic mass is 9.82. The Balaban J connectivity index is 1.94. The molecule has 1 heterocycles. The highest BCUT2D eigenvalue weighted by Gasteiger charge is 2.39. The molecule has 174 valence electrons. The number of rotatable bonds is 5. The van der Waals surface area contributed by atoms with Crippen LogP contribution in [-0.2, 0) is 26.6 Å². The van der Waals surface area contributed by atoms with E-state index in [1.165, 1.54) is 31.2 Å². The summed E-state index contributed by atoms with van der Waals surface area (Å²) in [5.74, 6) is -1.81. The quantitative estimate of drug-likeness (QED) is 0.386. The van der Waals surface area contributed by atoms with E-state index in [4.69, 9.17) is 9.47 Å². The Kier molecular flexibility index (Phi) is 6.94. The van der Waals surface area contributed by atoms with Crippen LogP contribution in [0.2, 0.25) is 0 Å². The molecule has 4 atom stereocenters. The van der Waals surface area contributed by atoms with Crippen molar-refractivity contribution < 1.29 is 45.0 Å². The van der Waals surface area contributed by atoms with Gasteiger partial charge in [-0.15, -0.1) is 0 Å². The molecule has 0 radical (unpaired) electrons. The van der Waals surface area contributed by atoms with Gasteiger partial charge < -0.3 is 14.3 Å². The third-order valence-corrected chi connectivity index (χ3v) is 5.34. The second-order valence-corrected chi connectivity index (χ2v) is 7.52. The molecule has 2 aromatic carbocycles. The molecule has 10 heteroatoms. The lowest BCUT2D eigenvalue weighted by molar-refractivity contribution is -0.207. The third-order valence-electron chi connectivity index (χ3n) is 5.34. The average molecular weight is 464 g/mol. The highest BCUT2D eigenvalue weighted by atomic mass is 19.4. The van der Waals surface area contributed by atoms with Gasteiger partial charge in [-0.1, -0.05) is 12.1 Å². The van der Waals surface area contributed by atoms with Crippen LogP contribution in [0.15, 0.2) is 42.5 Å². The van der Waals surface area contributed by atoms with Gasteiger partial charge in [0.15, 0.2) is 6.29 Å². The summed E-state index contributed by atoms with van der Waals surface area (Å²) in [6.45, 7) is 1.40. The van der Waals surface area contributed by atoms with Crippen LogP contribution >= 0.6 is 0 Å². The van der Waals surface area contributed by atoms with E-state index in [0.29, 0.717) is 30.4 Å². The normalized spacial score (nSPS) is 23.1. The van der Waals surface area contributed by atoms with Crippen molar-refractivity contribution >= 4 is 6.29 Å². The molecular formula is C22H19F7O3. The van der Waals surface area contributed by atoms with E-state index in [1.54, 1.807) is 0 Å².